The van der Waals surface area contributed by atoms with E-state index in [1.165, 1.54) is 24.1 Å². The van der Waals surface area contributed by atoms with Crippen LogP contribution in [0.1, 0.15) is 35.6 Å². The third-order valence-corrected chi connectivity index (χ3v) is 8.28. The van der Waals surface area contributed by atoms with Crippen molar-refractivity contribution in [2.75, 3.05) is 17.9 Å². The third-order valence-electron chi connectivity index (χ3n) is 6.49. The van der Waals surface area contributed by atoms with Gasteiger partial charge in [0.05, 0.1) is 10.6 Å². The van der Waals surface area contributed by atoms with E-state index in [1.54, 1.807) is 30.3 Å². The smallest absolute Gasteiger partial charge is 0.264 e. The number of nitrogens with zero attached hydrogens (tertiary/aromatic N) is 2. The van der Waals surface area contributed by atoms with Gasteiger partial charge in [0.25, 0.3) is 10.0 Å². The van der Waals surface area contributed by atoms with Crippen LogP contribution in [0, 0.1) is 20.8 Å². The molecule has 7 nitrogen and oxygen atoms in total. The van der Waals surface area contributed by atoms with E-state index in [9.17, 15) is 18.0 Å². The highest BCUT2D eigenvalue weighted by Gasteiger charge is 2.33. The highest BCUT2D eigenvalue weighted by molar-refractivity contribution is 7.92. The Kier molecular flexibility index (Phi) is 9.10. The average molecular weight is 522 g/mol. The second-order valence-electron chi connectivity index (χ2n) is 9.14. The van der Waals surface area contributed by atoms with Crippen molar-refractivity contribution in [3.63, 3.8) is 0 Å². The molecule has 0 heterocycles. The highest BCUT2D eigenvalue weighted by atomic mass is 32.2. The van der Waals surface area contributed by atoms with Crippen molar-refractivity contribution in [3.8, 4) is 0 Å². The third kappa shape index (κ3) is 6.57. The minimum absolute atomic E-state index is 0.0875. The molecule has 0 aliphatic carbocycles. The standard InChI is InChI=1S/C29H35N3O4S/c1-6-27(29(34)30-5)31(19-24-15-12-21(2)13-16-24)28(33)20-32(25-17-14-22(3)23(4)18-25)37(35,36)26-10-8-7-9-11-26/h7-18,27H,6,19-20H2,1-5H3,(H,30,34)/t27-/m1/s1. The molecule has 37 heavy (non-hydrogen) atoms. The van der Waals surface area contributed by atoms with E-state index in [2.05, 4.69) is 5.32 Å². The lowest BCUT2D eigenvalue weighted by molar-refractivity contribution is -0.140. The van der Waals surface area contributed by atoms with E-state index in [0.29, 0.717) is 12.1 Å². The summed E-state index contributed by atoms with van der Waals surface area (Å²) in [6.07, 6.45) is 0.381. The predicted octanol–water partition coefficient (Wildman–Crippen LogP) is 4.36. The number of rotatable bonds is 10. The molecule has 3 aromatic rings. The first kappa shape index (κ1) is 27.9. The summed E-state index contributed by atoms with van der Waals surface area (Å²) in [6, 6.07) is 20.3. The van der Waals surface area contributed by atoms with Crippen LogP contribution in [0.5, 0.6) is 0 Å². The van der Waals surface area contributed by atoms with Gasteiger partial charge in [0.15, 0.2) is 0 Å². The second kappa shape index (κ2) is 12.1. The van der Waals surface area contributed by atoms with Crippen molar-refractivity contribution in [2.45, 2.75) is 51.6 Å². The molecule has 3 aromatic carbocycles. The number of benzene rings is 3. The minimum atomic E-state index is -4.06. The number of carbonyl (C=O) groups excluding carboxylic acids is 2. The molecule has 0 saturated carbocycles. The Hall–Kier alpha value is -3.65. The molecule has 0 saturated heterocycles. The zero-order chi connectivity index (χ0) is 27.2. The Bertz CT molecular complexity index is 1340. The van der Waals surface area contributed by atoms with Crippen molar-refractivity contribution in [2.24, 2.45) is 0 Å². The molecule has 0 radical (unpaired) electrons. The number of hydrogen-bond donors (Lipinski definition) is 1. The van der Waals surface area contributed by atoms with Crippen LogP contribution < -0.4 is 9.62 Å². The fourth-order valence-corrected chi connectivity index (χ4v) is 5.53. The number of hydrogen-bond acceptors (Lipinski definition) is 4. The van der Waals surface area contributed by atoms with E-state index in [0.717, 1.165) is 26.6 Å². The largest absolute Gasteiger partial charge is 0.357 e. The van der Waals surface area contributed by atoms with Crippen molar-refractivity contribution in [3.05, 3.63) is 95.1 Å². The van der Waals surface area contributed by atoms with Gasteiger partial charge >= 0.3 is 0 Å². The molecule has 0 aromatic heterocycles. The summed E-state index contributed by atoms with van der Waals surface area (Å²) >= 11 is 0. The molecule has 1 N–H and O–H groups in total. The van der Waals surface area contributed by atoms with E-state index in [-0.39, 0.29) is 17.3 Å². The Morgan fingerprint density at radius 1 is 0.892 bits per heavy atom. The molecular weight excluding hydrogens is 486 g/mol. The summed E-state index contributed by atoms with van der Waals surface area (Å²) in [5.41, 5.74) is 4.24. The van der Waals surface area contributed by atoms with E-state index in [1.807, 2.05) is 58.0 Å². The fourth-order valence-electron chi connectivity index (χ4n) is 4.11. The van der Waals surface area contributed by atoms with Gasteiger partial charge in [-0.2, -0.15) is 0 Å². The van der Waals surface area contributed by atoms with Gasteiger partial charge in [0.2, 0.25) is 11.8 Å². The van der Waals surface area contributed by atoms with Gasteiger partial charge in [-0.25, -0.2) is 8.42 Å². The molecule has 196 valence electrons. The van der Waals surface area contributed by atoms with Crippen LogP contribution in [0.2, 0.25) is 0 Å². The van der Waals surface area contributed by atoms with Gasteiger partial charge in [0, 0.05) is 13.6 Å². The molecule has 8 heteroatoms. The van der Waals surface area contributed by atoms with Gasteiger partial charge in [-0.1, -0.05) is 61.0 Å². The molecule has 0 bridgehead atoms. The summed E-state index contributed by atoms with van der Waals surface area (Å²) in [5, 5.41) is 2.64. The number of anilines is 1. The lowest BCUT2D eigenvalue weighted by Crippen LogP contribution is -2.51. The summed E-state index contributed by atoms with van der Waals surface area (Å²) in [4.78, 5) is 28.2. The van der Waals surface area contributed by atoms with E-state index >= 15 is 0 Å². The van der Waals surface area contributed by atoms with Crippen LogP contribution in [0.25, 0.3) is 0 Å². The zero-order valence-corrected chi connectivity index (χ0v) is 22.9. The Morgan fingerprint density at radius 3 is 2.11 bits per heavy atom. The van der Waals surface area contributed by atoms with Crippen LogP contribution in [0.4, 0.5) is 5.69 Å². The van der Waals surface area contributed by atoms with Crippen molar-refractivity contribution in [1.29, 1.82) is 0 Å². The minimum Gasteiger partial charge on any atom is -0.357 e. The number of nitrogens with one attached hydrogen (secondary N) is 1. The molecule has 0 aliphatic rings. The fraction of sp³-hybridized carbons (Fsp3) is 0.310. The lowest BCUT2D eigenvalue weighted by atomic mass is 10.1. The second-order valence-corrected chi connectivity index (χ2v) is 11.0. The Labute approximate surface area is 220 Å². The van der Waals surface area contributed by atoms with Crippen molar-refractivity contribution >= 4 is 27.5 Å². The predicted molar refractivity (Wildman–Crippen MR) is 147 cm³/mol. The lowest BCUT2D eigenvalue weighted by Gasteiger charge is -2.33. The molecule has 3 rings (SSSR count). The van der Waals surface area contributed by atoms with Crippen molar-refractivity contribution in [1.82, 2.24) is 10.2 Å². The van der Waals surface area contributed by atoms with Gasteiger partial charge in [-0.3, -0.25) is 13.9 Å². The van der Waals surface area contributed by atoms with Gasteiger partial charge in [0.1, 0.15) is 12.6 Å². The topological polar surface area (TPSA) is 86.8 Å². The van der Waals surface area contributed by atoms with Gasteiger partial charge in [-0.05, 0) is 68.1 Å². The summed E-state index contributed by atoms with van der Waals surface area (Å²) in [6.45, 7) is 7.38. The van der Waals surface area contributed by atoms with Crippen molar-refractivity contribution < 1.29 is 18.0 Å². The van der Waals surface area contributed by atoms with Crippen LogP contribution in [-0.2, 0) is 26.2 Å². The summed E-state index contributed by atoms with van der Waals surface area (Å²) in [7, 11) is -2.54. The van der Waals surface area contributed by atoms with E-state index in [4.69, 9.17) is 0 Å². The highest BCUT2D eigenvalue weighted by Crippen LogP contribution is 2.26. The summed E-state index contributed by atoms with van der Waals surface area (Å²) in [5.74, 6) is -0.764. The Balaban J connectivity index is 2.06. The maximum Gasteiger partial charge on any atom is 0.264 e. The molecule has 0 fully saturated rings. The maximum atomic E-state index is 13.9. The number of sulfonamides is 1. The molecular formula is C29H35N3O4S. The Morgan fingerprint density at radius 2 is 1.54 bits per heavy atom. The first-order valence-corrected chi connectivity index (χ1v) is 13.7. The first-order chi connectivity index (χ1) is 17.6. The SMILES string of the molecule is CC[C@H](C(=O)NC)N(Cc1ccc(C)cc1)C(=O)CN(c1ccc(C)c(C)c1)S(=O)(=O)c1ccccc1. The molecule has 0 aliphatic heterocycles. The number of amides is 2. The molecule has 0 spiro atoms. The molecule has 0 unspecified atom stereocenters. The number of aryl methyl sites for hydroxylation is 3. The molecule has 1 atom stereocenters. The van der Waals surface area contributed by atoms with Crippen LogP contribution in [-0.4, -0.2) is 44.8 Å². The average Bonchev–Trinajstić information content (AvgIpc) is 2.90. The number of carbonyl (C=O) groups is 2. The molecule has 2 amide bonds. The van der Waals surface area contributed by atoms with Gasteiger partial charge < -0.3 is 10.2 Å². The normalized spacial score (nSPS) is 12.0. The zero-order valence-electron chi connectivity index (χ0n) is 22.1. The quantitative estimate of drug-likeness (QED) is 0.430. The van der Waals surface area contributed by atoms with Crippen LogP contribution in [0.15, 0.2) is 77.7 Å². The van der Waals surface area contributed by atoms with Crippen LogP contribution >= 0.6 is 0 Å². The van der Waals surface area contributed by atoms with Crippen LogP contribution in [0.3, 0.4) is 0 Å². The van der Waals surface area contributed by atoms with Gasteiger partial charge in [-0.15, -0.1) is 0 Å². The number of likely N-dealkylation sites (N-methyl/N-ethyl adjacent to an activating group) is 1. The maximum absolute atomic E-state index is 13.9. The van der Waals surface area contributed by atoms with E-state index < -0.39 is 28.5 Å². The first-order valence-electron chi connectivity index (χ1n) is 12.3. The monoisotopic (exact) mass is 521 g/mol. The summed E-state index contributed by atoms with van der Waals surface area (Å²) < 4.78 is 28.7.